The number of fused-ring (bicyclic) bond motifs is 1. The van der Waals surface area contributed by atoms with Crippen LogP contribution in [-0.4, -0.2) is 18.2 Å². The summed E-state index contributed by atoms with van der Waals surface area (Å²) in [5.41, 5.74) is 0.572. The molecule has 1 aromatic carbocycles. The summed E-state index contributed by atoms with van der Waals surface area (Å²) in [5, 5.41) is 9.43. The van der Waals surface area contributed by atoms with E-state index >= 15 is 0 Å². The number of carboxylic acids is 1. The highest BCUT2D eigenvalue weighted by Crippen LogP contribution is 2.33. The van der Waals surface area contributed by atoms with E-state index < -0.39 is 5.97 Å². The van der Waals surface area contributed by atoms with Crippen molar-refractivity contribution >= 4 is 32.9 Å². The first-order chi connectivity index (χ1) is 7.13. The Morgan fingerprint density at radius 1 is 1.53 bits per heavy atom. The van der Waals surface area contributed by atoms with E-state index in [0.29, 0.717) is 16.7 Å². The van der Waals surface area contributed by atoms with Gasteiger partial charge in [0.2, 0.25) is 0 Å². The molecule has 0 atom stereocenters. The van der Waals surface area contributed by atoms with Gasteiger partial charge in [0, 0.05) is 9.86 Å². The molecule has 1 heterocycles. The Kier molecular flexibility index (Phi) is 2.40. The molecule has 0 radical (unpaired) electrons. The second-order valence-electron chi connectivity index (χ2n) is 2.94. The topological polar surface area (TPSA) is 59.7 Å². The van der Waals surface area contributed by atoms with Gasteiger partial charge in [-0.15, -0.1) is 0 Å². The Labute approximate surface area is 93.6 Å². The predicted octanol–water partition coefficient (Wildman–Crippen LogP) is 2.90. The number of carboxylic acid groups (broad SMARTS) is 1. The molecule has 2 rings (SSSR count). The van der Waals surface area contributed by atoms with Crippen LogP contribution in [0.25, 0.3) is 11.0 Å². The van der Waals surface area contributed by atoms with Crippen LogP contribution in [0, 0.1) is 0 Å². The number of rotatable bonds is 2. The lowest BCUT2D eigenvalue weighted by atomic mass is 10.2. The van der Waals surface area contributed by atoms with E-state index in [1.165, 1.54) is 13.4 Å². The molecule has 0 aliphatic carbocycles. The SMILES string of the molecule is COc1cc(Br)cc2c(C(=O)O)coc12. The van der Waals surface area contributed by atoms with Crippen molar-refractivity contribution in [1.82, 2.24) is 0 Å². The molecule has 0 fully saturated rings. The summed E-state index contributed by atoms with van der Waals surface area (Å²) in [6.45, 7) is 0. The van der Waals surface area contributed by atoms with Crippen LogP contribution in [0.4, 0.5) is 0 Å². The number of benzene rings is 1. The van der Waals surface area contributed by atoms with Gasteiger partial charge in [-0.25, -0.2) is 4.79 Å². The van der Waals surface area contributed by atoms with Crippen LogP contribution < -0.4 is 4.74 Å². The highest BCUT2D eigenvalue weighted by Gasteiger charge is 2.16. The zero-order valence-electron chi connectivity index (χ0n) is 7.78. The minimum Gasteiger partial charge on any atom is -0.493 e. The van der Waals surface area contributed by atoms with Crippen molar-refractivity contribution in [2.24, 2.45) is 0 Å². The smallest absolute Gasteiger partial charge is 0.339 e. The summed E-state index contributed by atoms with van der Waals surface area (Å²) in [5.74, 6) is -0.513. The van der Waals surface area contributed by atoms with Gasteiger partial charge in [-0.2, -0.15) is 0 Å². The maximum absolute atomic E-state index is 10.9. The van der Waals surface area contributed by atoms with Crippen molar-refractivity contribution in [2.45, 2.75) is 0 Å². The van der Waals surface area contributed by atoms with Crippen LogP contribution in [0.1, 0.15) is 10.4 Å². The third-order valence-electron chi connectivity index (χ3n) is 2.05. The Morgan fingerprint density at radius 2 is 2.27 bits per heavy atom. The predicted molar refractivity (Wildman–Crippen MR) is 57.4 cm³/mol. The molecule has 0 bridgehead atoms. The van der Waals surface area contributed by atoms with Crippen molar-refractivity contribution < 1.29 is 19.1 Å². The Morgan fingerprint density at radius 3 is 2.87 bits per heavy atom. The van der Waals surface area contributed by atoms with E-state index in [1.807, 2.05) is 0 Å². The third-order valence-corrected chi connectivity index (χ3v) is 2.51. The fourth-order valence-corrected chi connectivity index (χ4v) is 1.83. The summed E-state index contributed by atoms with van der Waals surface area (Å²) in [6.07, 6.45) is 1.21. The molecule has 78 valence electrons. The lowest BCUT2D eigenvalue weighted by molar-refractivity contribution is 0.0698. The summed E-state index contributed by atoms with van der Waals surface area (Å²) < 4.78 is 11.0. The van der Waals surface area contributed by atoms with Crippen molar-refractivity contribution in [3.63, 3.8) is 0 Å². The summed E-state index contributed by atoms with van der Waals surface area (Å²) in [4.78, 5) is 10.9. The Balaban J connectivity index is 2.80. The van der Waals surface area contributed by atoms with E-state index in [1.54, 1.807) is 12.1 Å². The first-order valence-electron chi connectivity index (χ1n) is 4.11. The summed E-state index contributed by atoms with van der Waals surface area (Å²) in [6, 6.07) is 3.41. The molecule has 0 amide bonds. The lowest BCUT2D eigenvalue weighted by Gasteiger charge is -2.01. The number of ether oxygens (including phenoxy) is 1. The summed E-state index contributed by atoms with van der Waals surface area (Å²) in [7, 11) is 1.50. The number of hydrogen-bond donors (Lipinski definition) is 1. The largest absolute Gasteiger partial charge is 0.493 e. The molecule has 0 spiro atoms. The van der Waals surface area contributed by atoms with Crippen LogP contribution in [-0.2, 0) is 0 Å². The van der Waals surface area contributed by atoms with Crippen LogP contribution in [0.3, 0.4) is 0 Å². The molecule has 0 aliphatic heterocycles. The van der Waals surface area contributed by atoms with Gasteiger partial charge in [-0.05, 0) is 12.1 Å². The van der Waals surface area contributed by atoms with E-state index in [0.717, 1.165) is 4.47 Å². The quantitative estimate of drug-likeness (QED) is 0.912. The molecule has 0 saturated carbocycles. The number of carbonyl (C=O) groups is 1. The molecular formula is C10H7BrO4. The molecule has 5 heteroatoms. The third kappa shape index (κ3) is 1.59. The first-order valence-corrected chi connectivity index (χ1v) is 4.91. The van der Waals surface area contributed by atoms with E-state index in [4.69, 9.17) is 14.3 Å². The van der Waals surface area contributed by atoms with Gasteiger partial charge >= 0.3 is 5.97 Å². The zero-order valence-corrected chi connectivity index (χ0v) is 9.37. The average Bonchev–Trinajstić information content (AvgIpc) is 2.59. The van der Waals surface area contributed by atoms with Gasteiger partial charge in [-0.3, -0.25) is 0 Å². The van der Waals surface area contributed by atoms with Gasteiger partial charge in [0.25, 0.3) is 0 Å². The number of halogens is 1. The fourth-order valence-electron chi connectivity index (χ4n) is 1.39. The maximum Gasteiger partial charge on any atom is 0.339 e. The Hall–Kier alpha value is -1.49. The zero-order chi connectivity index (χ0) is 11.0. The normalized spacial score (nSPS) is 10.5. The Bertz CT molecular complexity index is 529. The molecule has 4 nitrogen and oxygen atoms in total. The minimum absolute atomic E-state index is 0.129. The highest BCUT2D eigenvalue weighted by atomic mass is 79.9. The molecule has 0 saturated heterocycles. The highest BCUT2D eigenvalue weighted by molar-refractivity contribution is 9.10. The van der Waals surface area contributed by atoms with Gasteiger partial charge < -0.3 is 14.3 Å². The average molecular weight is 271 g/mol. The first kappa shape index (κ1) is 10.0. The molecule has 15 heavy (non-hydrogen) atoms. The van der Waals surface area contributed by atoms with E-state index in [2.05, 4.69) is 15.9 Å². The molecule has 1 aromatic heterocycles. The fraction of sp³-hybridized carbons (Fsp3) is 0.100. The van der Waals surface area contributed by atoms with Gasteiger partial charge in [0.15, 0.2) is 11.3 Å². The monoisotopic (exact) mass is 270 g/mol. The van der Waals surface area contributed by atoms with E-state index in [9.17, 15) is 4.79 Å². The van der Waals surface area contributed by atoms with E-state index in [-0.39, 0.29) is 5.56 Å². The number of hydrogen-bond acceptors (Lipinski definition) is 3. The summed E-state index contributed by atoms with van der Waals surface area (Å²) >= 11 is 3.28. The molecule has 0 aliphatic rings. The van der Waals surface area contributed by atoms with Crippen LogP contribution in [0.15, 0.2) is 27.3 Å². The van der Waals surface area contributed by atoms with Crippen molar-refractivity contribution in [2.75, 3.05) is 7.11 Å². The van der Waals surface area contributed by atoms with Crippen LogP contribution >= 0.6 is 15.9 Å². The van der Waals surface area contributed by atoms with Gasteiger partial charge in [0.1, 0.15) is 11.8 Å². The van der Waals surface area contributed by atoms with Crippen molar-refractivity contribution in [3.05, 3.63) is 28.4 Å². The number of furan rings is 1. The molecule has 1 N–H and O–H groups in total. The van der Waals surface area contributed by atoms with Gasteiger partial charge in [0.05, 0.1) is 7.11 Å². The molecular weight excluding hydrogens is 264 g/mol. The number of methoxy groups -OCH3 is 1. The van der Waals surface area contributed by atoms with Crippen LogP contribution in [0.5, 0.6) is 5.75 Å². The van der Waals surface area contributed by atoms with Crippen LogP contribution in [0.2, 0.25) is 0 Å². The number of aromatic carboxylic acids is 1. The maximum atomic E-state index is 10.9. The standard InChI is InChI=1S/C10H7BrO4/c1-14-8-3-5(11)2-6-7(10(12)13)4-15-9(6)8/h2-4H,1H3,(H,12,13). The second kappa shape index (κ2) is 3.58. The second-order valence-corrected chi connectivity index (χ2v) is 3.85. The molecule has 0 unspecified atom stereocenters. The minimum atomic E-state index is -1.02. The van der Waals surface area contributed by atoms with Crippen molar-refractivity contribution in [3.8, 4) is 5.75 Å². The van der Waals surface area contributed by atoms with Gasteiger partial charge in [-0.1, -0.05) is 15.9 Å². The molecule has 2 aromatic rings. The van der Waals surface area contributed by atoms with Crippen molar-refractivity contribution in [1.29, 1.82) is 0 Å². The lowest BCUT2D eigenvalue weighted by Crippen LogP contribution is -1.93.